The van der Waals surface area contributed by atoms with Crippen molar-refractivity contribution in [1.82, 2.24) is 9.80 Å². The summed E-state index contributed by atoms with van der Waals surface area (Å²) in [5, 5.41) is 19.8. The van der Waals surface area contributed by atoms with Gasteiger partial charge in [-0.25, -0.2) is 0 Å². The highest BCUT2D eigenvalue weighted by Crippen LogP contribution is 2.12. The monoisotopic (exact) mass is 773 g/mol. The summed E-state index contributed by atoms with van der Waals surface area (Å²) in [4.78, 5) is 41.2. The van der Waals surface area contributed by atoms with E-state index in [2.05, 4.69) is 62.5 Å². The van der Waals surface area contributed by atoms with Gasteiger partial charge in [0, 0.05) is 25.9 Å². The van der Waals surface area contributed by atoms with Crippen molar-refractivity contribution < 1.29 is 34.1 Å². The third-order valence-corrected chi connectivity index (χ3v) is 9.96. The molecule has 1 heterocycles. The summed E-state index contributed by atoms with van der Waals surface area (Å²) in [5.41, 5.74) is 0. The van der Waals surface area contributed by atoms with E-state index in [-0.39, 0.29) is 63.8 Å². The summed E-state index contributed by atoms with van der Waals surface area (Å²) in [7, 11) is 0. The maximum absolute atomic E-state index is 13.1. The second-order valence-corrected chi connectivity index (χ2v) is 15.1. The van der Waals surface area contributed by atoms with E-state index in [0.29, 0.717) is 12.8 Å². The van der Waals surface area contributed by atoms with Gasteiger partial charge < -0.3 is 24.6 Å². The van der Waals surface area contributed by atoms with E-state index >= 15 is 0 Å². The van der Waals surface area contributed by atoms with Crippen molar-refractivity contribution in [2.45, 2.75) is 180 Å². The molecule has 9 heteroatoms. The Morgan fingerprint density at radius 2 is 0.909 bits per heavy atom. The van der Waals surface area contributed by atoms with Gasteiger partial charge >= 0.3 is 11.9 Å². The van der Waals surface area contributed by atoms with E-state index < -0.39 is 12.2 Å². The highest BCUT2D eigenvalue weighted by atomic mass is 16.5. The van der Waals surface area contributed by atoms with E-state index in [9.17, 15) is 24.6 Å². The molecule has 0 bridgehead atoms. The molecule has 2 atom stereocenters. The number of aliphatic hydroxyl groups excluding tert-OH is 2. The lowest BCUT2D eigenvalue weighted by Gasteiger charge is -2.25. The van der Waals surface area contributed by atoms with E-state index in [1.54, 1.807) is 4.90 Å². The average Bonchev–Trinajstić information content (AvgIpc) is 3.49. The van der Waals surface area contributed by atoms with Gasteiger partial charge in [0.1, 0.15) is 13.2 Å². The quantitative estimate of drug-likeness (QED) is 0.0368. The fourth-order valence-corrected chi connectivity index (χ4v) is 6.47. The van der Waals surface area contributed by atoms with Crippen molar-refractivity contribution in [1.29, 1.82) is 0 Å². The highest BCUT2D eigenvalue weighted by Gasteiger charge is 2.31. The molecule has 0 saturated carbocycles. The number of nitrogens with zero attached hydrogens (tertiary/aromatic N) is 2. The number of hydrogen-bond donors (Lipinski definition) is 2. The molecule has 55 heavy (non-hydrogen) atoms. The van der Waals surface area contributed by atoms with Gasteiger partial charge in [-0.3, -0.25) is 19.3 Å². The molecule has 0 aromatic carbocycles. The largest absolute Gasteiger partial charge is 0.464 e. The topological polar surface area (TPSA) is 117 Å². The number of hydrogen-bond acceptors (Lipinski definition) is 8. The normalized spacial score (nSPS) is 16.4. The zero-order valence-electron chi connectivity index (χ0n) is 35.0. The summed E-state index contributed by atoms with van der Waals surface area (Å²) in [6.07, 6.45) is 41.7. The lowest BCUT2D eigenvalue weighted by molar-refractivity contribution is -0.148. The summed E-state index contributed by atoms with van der Waals surface area (Å²) in [6.45, 7) is 5.42. The Labute approximate surface area is 335 Å². The summed E-state index contributed by atoms with van der Waals surface area (Å²) in [6, 6.07) is 0. The highest BCUT2D eigenvalue weighted by molar-refractivity contribution is 5.78. The van der Waals surface area contributed by atoms with Gasteiger partial charge in [0.05, 0.1) is 31.8 Å². The Morgan fingerprint density at radius 3 is 1.31 bits per heavy atom. The van der Waals surface area contributed by atoms with E-state index in [4.69, 9.17) is 9.47 Å². The van der Waals surface area contributed by atoms with Crippen molar-refractivity contribution in [3.63, 3.8) is 0 Å². The maximum Gasteiger partial charge on any atom is 0.305 e. The Kier molecular flexibility index (Phi) is 33.7. The van der Waals surface area contributed by atoms with E-state index in [1.807, 2.05) is 0 Å². The molecule has 1 rings (SSSR count). The molecule has 0 aromatic rings. The van der Waals surface area contributed by atoms with Crippen LogP contribution in [0.25, 0.3) is 0 Å². The van der Waals surface area contributed by atoms with Crippen LogP contribution in [-0.4, -0.2) is 96.0 Å². The zero-order valence-corrected chi connectivity index (χ0v) is 35.0. The molecule has 0 aromatic heterocycles. The minimum atomic E-state index is -0.883. The maximum atomic E-state index is 13.1. The SMILES string of the molecule is CCCCC/C=C\C/C=C\CCCCCCCC(=O)OCCN(CCOC(=O)CCCCCCC/C=C\C/C=C\CCCCC)C(=O)CN1CC(O)C(O)C1. The van der Waals surface area contributed by atoms with Crippen molar-refractivity contribution in [2.75, 3.05) is 45.9 Å². The number of aliphatic hydroxyl groups is 2. The number of amides is 1. The Balaban J connectivity index is 2.23. The number of allylic oxidation sites excluding steroid dienone is 8. The molecule has 0 spiro atoms. The van der Waals surface area contributed by atoms with E-state index in [0.717, 1.165) is 89.9 Å². The Morgan fingerprint density at radius 1 is 0.545 bits per heavy atom. The van der Waals surface area contributed by atoms with Crippen LogP contribution in [0.4, 0.5) is 0 Å². The van der Waals surface area contributed by atoms with Gasteiger partial charge in [-0.2, -0.15) is 0 Å². The number of carbonyl (C=O) groups is 3. The van der Waals surface area contributed by atoms with Crippen LogP contribution in [0.15, 0.2) is 48.6 Å². The summed E-state index contributed by atoms with van der Waals surface area (Å²) >= 11 is 0. The third-order valence-electron chi connectivity index (χ3n) is 9.96. The van der Waals surface area contributed by atoms with Crippen LogP contribution in [0.3, 0.4) is 0 Å². The molecular formula is C46H80N2O7. The second-order valence-electron chi connectivity index (χ2n) is 15.1. The number of ether oxygens (including phenoxy) is 2. The fraction of sp³-hybridized carbons (Fsp3) is 0.761. The zero-order chi connectivity index (χ0) is 40.0. The fourth-order valence-electron chi connectivity index (χ4n) is 6.47. The lowest BCUT2D eigenvalue weighted by atomic mass is 10.1. The molecule has 316 valence electrons. The molecule has 1 amide bonds. The first-order valence-corrected chi connectivity index (χ1v) is 22.1. The first-order valence-electron chi connectivity index (χ1n) is 22.1. The molecule has 0 aliphatic carbocycles. The smallest absolute Gasteiger partial charge is 0.305 e. The lowest BCUT2D eigenvalue weighted by Crippen LogP contribution is -2.43. The number of carbonyl (C=O) groups excluding carboxylic acids is 3. The van der Waals surface area contributed by atoms with Crippen LogP contribution in [0, 0.1) is 0 Å². The molecular weight excluding hydrogens is 693 g/mol. The Hall–Kier alpha value is -2.75. The second kappa shape index (κ2) is 36.9. The molecule has 0 radical (unpaired) electrons. The summed E-state index contributed by atoms with van der Waals surface area (Å²) in [5.74, 6) is -0.767. The van der Waals surface area contributed by atoms with Crippen LogP contribution in [0.1, 0.15) is 168 Å². The van der Waals surface area contributed by atoms with Crippen molar-refractivity contribution in [3.8, 4) is 0 Å². The standard InChI is InChI=1S/C46H80N2O7/c1-3-5-7-9-11-13-15-17-19-21-23-25-27-29-31-33-45(52)54-37-35-48(44(51)41-47-39-42(49)43(50)40-47)36-38-55-46(53)34-32-30-28-26-24-22-20-18-16-14-12-10-8-6-4-2/h11-14,17-20,42-43,49-50H,3-10,15-16,21-41H2,1-2H3/b13-11-,14-12-,19-17-,20-18-. The van der Waals surface area contributed by atoms with Gasteiger partial charge in [0.25, 0.3) is 0 Å². The molecule has 1 fully saturated rings. The van der Waals surface area contributed by atoms with Crippen LogP contribution < -0.4 is 0 Å². The molecule has 1 saturated heterocycles. The number of β-amino-alcohol motifs (C(OH)–C–C–N with tert-alkyl or cyclic N) is 2. The first-order chi connectivity index (χ1) is 26.9. The van der Waals surface area contributed by atoms with Crippen LogP contribution in [0.2, 0.25) is 0 Å². The molecule has 2 unspecified atom stereocenters. The van der Waals surface area contributed by atoms with Gasteiger partial charge in [-0.15, -0.1) is 0 Å². The van der Waals surface area contributed by atoms with Crippen LogP contribution >= 0.6 is 0 Å². The van der Waals surface area contributed by atoms with Crippen LogP contribution in [0.5, 0.6) is 0 Å². The van der Waals surface area contributed by atoms with Gasteiger partial charge in [0.2, 0.25) is 5.91 Å². The minimum absolute atomic E-state index is 0.0218. The minimum Gasteiger partial charge on any atom is -0.464 e. The molecule has 9 nitrogen and oxygen atoms in total. The van der Waals surface area contributed by atoms with Crippen molar-refractivity contribution in [3.05, 3.63) is 48.6 Å². The molecule has 1 aliphatic heterocycles. The van der Waals surface area contributed by atoms with Crippen molar-refractivity contribution >= 4 is 17.8 Å². The van der Waals surface area contributed by atoms with Crippen molar-refractivity contribution in [2.24, 2.45) is 0 Å². The number of unbranched alkanes of at least 4 members (excludes halogenated alkanes) is 16. The summed E-state index contributed by atoms with van der Waals surface area (Å²) < 4.78 is 10.9. The number of rotatable bonds is 36. The number of esters is 2. The van der Waals surface area contributed by atoms with E-state index in [1.165, 1.54) is 56.3 Å². The molecule has 2 N–H and O–H groups in total. The number of likely N-dealkylation sites (tertiary alicyclic amines) is 1. The van der Waals surface area contributed by atoms with Gasteiger partial charge in [-0.1, -0.05) is 127 Å². The Bertz CT molecular complexity index is 998. The predicted octanol–water partition coefficient (Wildman–Crippen LogP) is 9.57. The first kappa shape index (κ1) is 50.3. The third kappa shape index (κ3) is 31.1. The van der Waals surface area contributed by atoms with Gasteiger partial charge in [-0.05, 0) is 77.0 Å². The molecule has 1 aliphatic rings. The van der Waals surface area contributed by atoms with Crippen LogP contribution in [-0.2, 0) is 23.9 Å². The average molecular weight is 773 g/mol. The van der Waals surface area contributed by atoms with Gasteiger partial charge in [0.15, 0.2) is 0 Å². The predicted molar refractivity (Wildman–Crippen MR) is 226 cm³/mol.